The summed E-state index contributed by atoms with van der Waals surface area (Å²) in [4.78, 5) is 45.8. The molecule has 0 aliphatic heterocycles. The molecule has 0 saturated carbocycles. The van der Waals surface area contributed by atoms with Crippen molar-refractivity contribution in [1.29, 1.82) is 0 Å². The number of hydrogen-bond donors (Lipinski definition) is 4. The number of allylic oxidation sites excluding steroid dienone is 16. The Kier molecular flexibility index (Phi) is 37.7. The summed E-state index contributed by atoms with van der Waals surface area (Å²) >= 11 is 0. The van der Waals surface area contributed by atoms with E-state index >= 15 is 0 Å². The number of ether oxygens (including phenoxy) is 1. The first-order valence-corrected chi connectivity index (χ1v) is 22.8. The number of aliphatic hydroxyl groups excluding tert-OH is 1. The van der Waals surface area contributed by atoms with Gasteiger partial charge < -0.3 is 25.2 Å². The zero-order valence-corrected chi connectivity index (χ0v) is 36.2. The van der Waals surface area contributed by atoms with Crippen molar-refractivity contribution in [1.82, 2.24) is 5.32 Å². The summed E-state index contributed by atoms with van der Waals surface area (Å²) in [6, 6.07) is -1.57. The fourth-order valence-corrected chi connectivity index (χ4v) is 5.89. The molecule has 12 heteroatoms. The minimum Gasteiger partial charge on any atom is -0.480 e. The molecule has 3 atom stereocenters. The van der Waals surface area contributed by atoms with Crippen LogP contribution in [0.1, 0.15) is 142 Å². The summed E-state index contributed by atoms with van der Waals surface area (Å²) in [6.07, 6.45) is 50.1. The van der Waals surface area contributed by atoms with Crippen molar-refractivity contribution in [2.45, 2.75) is 154 Å². The van der Waals surface area contributed by atoms with E-state index in [-0.39, 0.29) is 12.8 Å². The van der Waals surface area contributed by atoms with Crippen LogP contribution in [0.25, 0.3) is 0 Å². The molecule has 0 heterocycles. The number of carbonyl (C=O) groups is 3. The third-order valence-corrected chi connectivity index (χ3v) is 9.32. The monoisotopic (exact) mass is 832 g/mol. The molecule has 0 radical (unpaired) electrons. The molecule has 0 rings (SSSR count). The number of rotatable bonds is 38. The first kappa shape index (κ1) is 54.4. The number of phosphoric ester groups is 1. The minimum atomic E-state index is -4.77. The lowest BCUT2D eigenvalue weighted by atomic mass is 10.1. The van der Waals surface area contributed by atoms with E-state index in [2.05, 4.69) is 116 Å². The van der Waals surface area contributed by atoms with Crippen LogP contribution in [-0.2, 0) is 32.7 Å². The normalized spacial score (nSPS) is 14.7. The highest BCUT2D eigenvalue weighted by molar-refractivity contribution is 7.47. The summed E-state index contributed by atoms with van der Waals surface area (Å²) < 4.78 is 26.8. The van der Waals surface area contributed by atoms with Crippen molar-refractivity contribution in [3.05, 3.63) is 97.2 Å². The summed E-state index contributed by atoms with van der Waals surface area (Å²) in [5.74, 6) is -2.45. The number of aliphatic carboxylic acids is 1. The molecular formula is C46H74NO10P. The number of aliphatic hydroxyl groups is 1. The van der Waals surface area contributed by atoms with E-state index in [4.69, 9.17) is 13.8 Å². The number of phosphoric acid groups is 1. The van der Waals surface area contributed by atoms with Crippen LogP contribution in [0.4, 0.5) is 0 Å². The van der Waals surface area contributed by atoms with Gasteiger partial charge in [0.15, 0.2) is 6.04 Å². The Balaban J connectivity index is 3.98. The topological polar surface area (TPSA) is 169 Å². The second kappa shape index (κ2) is 40.2. The molecule has 58 heavy (non-hydrogen) atoms. The molecule has 0 aromatic rings. The Morgan fingerprint density at radius 2 is 0.948 bits per heavy atom. The van der Waals surface area contributed by atoms with Crippen molar-refractivity contribution in [2.75, 3.05) is 19.8 Å². The van der Waals surface area contributed by atoms with E-state index in [9.17, 15) is 34.1 Å². The van der Waals surface area contributed by atoms with Crippen molar-refractivity contribution >= 4 is 25.7 Å². The molecule has 328 valence electrons. The molecule has 11 nitrogen and oxygen atoms in total. The maximum atomic E-state index is 12.3. The summed E-state index contributed by atoms with van der Waals surface area (Å²) in [5, 5.41) is 21.8. The zero-order chi connectivity index (χ0) is 42.8. The summed E-state index contributed by atoms with van der Waals surface area (Å²) in [6.45, 7) is 2.29. The average molecular weight is 832 g/mol. The van der Waals surface area contributed by atoms with Gasteiger partial charge in [0.1, 0.15) is 12.7 Å². The number of carboxylic acid groups (broad SMARTS) is 1. The number of hydrogen-bond acceptors (Lipinski definition) is 8. The highest BCUT2D eigenvalue weighted by atomic mass is 31.2. The fraction of sp³-hybridized carbons (Fsp3) is 0.587. The van der Waals surface area contributed by atoms with E-state index in [0.717, 1.165) is 103 Å². The van der Waals surface area contributed by atoms with Gasteiger partial charge in [-0.2, -0.15) is 0 Å². The zero-order valence-electron chi connectivity index (χ0n) is 35.3. The van der Waals surface area contributed by atoms with Crippen LogP contribution < -0.4 is 5.32 Å². The largest absolute Gasteiger partial charge is 0.480 e. The highest BCUT2D eigenvalue weighted by Gasteiger charge is 2.28. The molecule has 0 aromatic heterocycles. The minimum absolute atomic E-state index is 0.103. The first-order chi connectivity index (χ1) is 28.1. The van der Waals surface area contributed by atoms with Gasteiger partial charge in [-0.25, -0.2) is 9.36 Å². The van der Waals surface area contributed by atoms with E-state index in [1.54, 1.807) is 0 Å². The standard InChI is InChI=1S/C46H74NO10P/c1-3-5-7-9-11-13-15-17-18-19-20-21-22-23-24-26-28-30-32-34-36-38-45(50)55-39-42(48)40-56-58(53,54)57-41-43(46(51)52)47-44(49)37-35-33-31-29-27-25-16-14-12-10-8-6-4-2/h5-8,11-14,17-18,20-21,23-25,27,42-43,48H,3-4,9-10,15-16,19,22,26,28-41H2,1-2H3,(H,47,49)(H,51,52)(H,53,54)/b7-5-,8-6-,13-11-,14-12-,18-17-,21-20-,24-23-,27-25-. The molecule has 1 amide bonds. The second-order valence-electron chi connectivity index (χ2n) is 13.8. The van der Waals surface area contributed by atoms with Gasteiger partial charge in [0.05, 0.1) is 13.2 Å². The Hall–Kier alpha value is -3.60. The van der Waals surface area contributed by atoms with Crippen LogP contribution in [0.15, 0.2) is 97.2 Å². The maximum absolute atomic E-state index is 12.3. The molecule has 4 N–H and O–H groups in total. The van der Waals surface area contributed by atoms with Gasteiger partial charge in [-0.3, -0.25) is 18.6 Å². The molecule has 0 aliphatic rings. The number of carboxylic acids is 1. The van der Waals surface area contributed by atoms with Gasteiger partial charge in [0.2, 0.25) is 5.91 Å². The highest BCUT2D eigenvalue weighted by Crippen LogP contribution is 2.43. The molecule has 0 bridgehead atoms. The van der Waals surface area contributed by atoms with Gasteiger partial charge >= 0.3 is 19.8 Å². The van der Waals surface area contributed by atoms with Crippen LogP contribution >= 0.6 is 7.82 Å². The van der Waals surface area contributed by atoms with E-state index in [1.165, 1.54) is 0 Å². The summed E-state index contributed by atoms with van der Waals surface area (Å²) in [7, 11) is -4.77. The van der Waals surface area contributed by atoms with Crippen LogP contribution in [-0.4, -0.2) is 64.9 Å². The number of unbranched alkanes of at least 4 members (excludes halogenated alkanes) is 8. The molecule has 0 spiro atoms. The third-order valence-electron chi connectivity index (χ3n) is 8.37. The smallest absolute Gasteiger partial charge is 0.472 e. The van der Waals surface area contributed by atoms with E-state index in [1.807, 2.05) is 0 Å². The van der Waals surface area contributed by atoms with Gasteiger partial charge in [-0.1, -0.05) is 137 Å². The molecule has 0 aromatic carbocycles. The quantitative estimate of drug-likeness (QED) is 0.0203. The van der Waals surface area contributed by atoms with Crippen LogP contribution in [0, 0.1) is 0 Å². The molecular weight excluding hydrogens is 757 g/mol. The Bertz CT molecular complexity index is 1350. The third kappa shape index (κ3) is 39.2. The maximum Gasteiger partial charge on any atom is 0.472 e. The second-order valence-corrected chi connectivity index (χ2v) is 15.2. The fourth-order valence-electron chi connectivity index (χ4n) is 5.12. The van der Waals surface area contributed by atoms with E-state index in [0.29, 0.717) is 12.8 Å². The lowest BCUT2D eigenvalue weighted by molar-refractivity contribution is -0.147. The number of esters is 1. The predicted molar refractivity (Wildman–Crippen MR) is 235 cm³/mol. The lowest BCUT2D eigenvalue weighted by Gasteiger charge is -2.18. The van der Waals surface area contributed by atoms with Gasteiger partial charge in [0.25, 0.3) is 0 Å². The Morgan fingerprint density at radius 1 is 0.552 bits per heavy atom. The molecule has 0 aliphatic carbocycles. The number of carbonyl (C=O) groups excluding carboxylic acids is 2. The summed E-state index contributed by atoms with van der Waals surface area (Å²) in [5.41, 5.74) is 0. The van der Waals surface area contributed by atoms with Crippen molar-refractivity contribution in [3.8, 4) is 0 Å². The van der Waals surface area contributed by atoms with Gasteiger partial charge in [-0.05, 0) is 89.9 Å². The van der Waals surface area contributed by atoms with Crippen molar-refractivity contribution in [2.24, 2.45) is 0 Å². The van der Waals surface area contributed by atoms with E-state index < -0.39 is 57.6 Å². The van der Waals surface area contributed by atoms with Crippen molar-refractivity contribution in [3.63, 3.8) is 0 Å². The number of nitrogens with one attached hydrogen (secondary N) is 1. The van der Waals surface area contributed by atoms with Crippen LogP contribution in [0.2, 0.25) is 0 Å². The van der Waals surface area contributed by atoms with Gasteiger partial charge in [-0.15, -0.1) is 0 Å². The Morgan fingerprint density at radius 3 is 1.43 bits per heavy atom. The van der Waals surface area contributed by atoms with Crippen LogP contribution in [0.5, 0.6) is 0 Å². The average Bonchev–Trinajstić information content (AvgIpc) is 3.20. The predicted octanol–water partition coefficient (Wildman–Crippen LogP) is 10.9. The molecule has 3 unspecified atom stereocenters. The van der Waals surface area contributed by atoms with Crippen LogP contribution in [0.3, 0.4) is 0 Å². The molecule has 0 saturated heterocycles. The lowest BCUT2D eigenvalue weighted by Crippen LogP contribution is -2.43. The van der Waals surface area contributed by atoms with Crippen molar-refractivity contribution < 1.29 is 47.8 Å². The molecule has 0 fully saturated rings. The van der Waals surface area contributed by atoms with Gasteiger partial charge in [0, 0.05) is 12.8 Å². The number of amides is 1. The SMILES string of the molecule is CC/C=C\C/C=C\C/C=C\C/C=C\C/C=C\CCCCCCCC(=O)OCC(O)COP(=O)(O)OCC(NC(=O)CCCCC/C=C\C/C=C\C/C=C\CC)C(=O)O. The first-order valence-electron chi connectivity index (χ1n) is 21.3. The Labute approximate surface area is 349 Å².